The predicted octanol–water partition coefficient (Wildman–Crippen LogP) is 1.89. The molecule has 1 aliphatic heterocycles. The zero-order chi connectivity index (χ0) is 14.0. The minimum Gasteiger partial charge on any atom is -0.454 e. The van der Waals surface area contributed by atoms with Crippen LogP contribution in [0, 0.1) is 0 Å². The van der Waals surface area contributed by atoms with Crippen molar-refractivity contribution in [1.82, 2.24) is 4.72 Å². The number of hydrogen-bond acceptors (Lipinski definition) is 4. The van der Waals surface area contributed by atoms with Crippen LogP contribution < -0.4 is 14.2 Å². The zero-order valence-electron chi connectivity index (χ0n) is 10.6. The molecule has 5 nitrogen and oxygen atoms in total. The predicted molar refractivity (Wildman–Crippen MR) is 73.0 cm³/mol. The van der Waals surface area contributed by atoms with Crippen LogP contribution in [0.1, 0.15) is 5.56 Å². The van der Waals surface area contributed by atoms with Crippen molar-refractivity contribution in [2.75, 3.05) is 6.79 Å². The lowest BCUT2D eigenvalue weighted by Crippen LogP contribution is -2.23. The van der Waals surface area contributed by atoms with Crippen molar-refractivity contribution < 1.29 is 17.9 Å². The molecule has 1 aliphatic rings. The summed E-state index contributed by atoms with van der Waals surface area (Å²) in [6.07, 6.45) is 0. The number of nitrogens with one attached hydrogen (secondary N) is 1. The van der Waals surface area contributed by atoms with E-state index in [0.717, 1.165) is 5.56 Å². The van der Waals surface area contributed by atoms with Crippen molar-refractivity contribution in [2.45, 2.75) is 11.4 Å². The lowest BCUT2D eigenvalue weighted by molar-refractivity contribution is 0.174. The molecule has 0 unspecified atom stereocenters. The maximum atomic E-state index is 12.1. The van der Waals surface area contributed by atoms with Crippen LogP contribution in [-0.2, 0) is 16.6 Å². The Bertz CT molecular complexity index is 713. The monoisotopic (exact) mass is 291 g/mol. The average molecular weight is 291 g/mol. The van der Waals surface area contributed by atoms with Gasteiger partial charge in [0.15, 0.2) is 11.5 Å². The van der Waals surface area contributed by atoms with Gasteiger partial charge in [-0.3, -0.25) is 0 Å². The van der Waals surface area contributed by atoms with E-state index in [9.17, 15) is 8.42 Å². The molecule has 2 aromatic rings. The van der Waals surface area contributed by atoms with Crippen LogP contribution in [0.3, 0.4) is 0 Å². The van der Waals surface area contributed by atoms with Gasteiger partial charge < -0.3 is 9.47 Å². The molecule has 0 radical (unpaired) electrons. The second-order valence-electron chi connectivity index (χ2n) is 4.33. The van der Waals surface area contributed by atoms with Gasteiger partial charge in [0.05, 0.1) is 4.90 Å². The first-order valence-electron chi connectivity index (χ1n) is 6.08. The summed E-state index contributed by atoms with van der Waals surface area (Å²) in [5, 5.41) is 0. The molecule has 0 aromatic heterocycles. The molecule has 1 N–H and O–H groups in total. The fourth-order valence-corrected chi connectivity index (χ4v) is 2.95. The zero-order valence-corrected chi connectivity index (χ0v) is 11.4. The molecule has 20 heavy (non-hydrogen) atoms. The van der Waals surface area contributed by atoms with E-state index in [1.54, 1.807) is 48.5 Å². The van der Waals surface area contributed by atoms with Crippen LogP contribution >= 0.6 is 0 Å². The number of ether oxygens (including phenoxy) is 2. The molecule has 0 saturated carbocycles. The van der Waals surface area contributed by atoms with E-state index in [0.29, 0.717) is 11.5 Å². The molecule has 0 atom stereocenters. The van der Waals surface area contributed by atoms with Gasteiger partial charge in [0, 0.05) is 6.54 Å². The summed E-state index contributed by atoms with van der Waals surface area (Å²) < 4.78 is 37.2. The molecule has 0 fully saturated rings. The third-order valence-corrected chi connectivity index (χ3v) is 4.37. The fourth-order valence-electron chi connectivity index (χ4n) is 1.91. The number of fused-ring (bicyclic) bond motifs is 1. The van der Waals surface area contributed by atoms with Crippen LogP contribution in [-0.4, -0.2) is 15.2 Å². The molecule has 6 heteroatoms. The molecule has 0 amide bonds. The van der Waals surface area contributed by atoms with Crippen LogP contribution in [0.4, 0.5) is 0 Å². The van der Waals surface area contributed by atoms with Crippen LogP contribution in [0.5, 0.6) is 11.5 Å². The molecular weight excluding hydrogens is 278 g/mol. The Balaban J connectivity index is 1.73. The summed E-state index contributed by atoms with van der Waals surface area (Å²) in [6.45, 7) is 0.405. The van der Waals surface area contributed by atoms with Crippen molar-refractivity contribution in [3.8, 4) is 11.5 Å². The first-order valence-corrected chi connectivity index (χ1v) is 7.57. The Hall–Kier alpha value is -2.05. The van der Waals surface area contributed by atoms with Crippen molar-refractivity contribution in [3.05, 3.63) is 54.1 Å². The van der Waals surface area contributed by atoms with E-state index in [1.165, 1.54) is 0 Å². The highest BCUT2D eigenvalue weighted by Gasteiger charge is 2.16. The summed E-state index contributed by atoms with van der Waals surface area (Å²) in [5.74, 6) is 1.32. The number of rotatable bonds is 4. The first-order chi connectivity index (χ1) is 9.65. The second kappa shape index (κ2) is 5.15. The molecule has 1 heterocycles. The highest BCUT2D eigenvalue weighted by molar-refractivity contribution is 7.89. The molecule has 0 aliphatic carbocycles. The van der Waals surface area contributed by atoms with Gasteiger partial charge in [-0.1, -0.05) is 24.3 Å². The number of sulfonamides is 1. The third-order valence-electron chi connectivity index (χ3n) is 2.96. The van der Waals surface area contributed by atoms with Crippen molar-refractivity contribution >= 4 is 10.0 Å². The standard InChI is InChI=1S/C14H13NO4S/c16-20(17,12-4-2-1-3-5-12)15-9-11-6-7-13-14(8-11)19-10-18-13/h1-8,15H,9-10H2. The summed E-state index contributed by atoms with van der Waals surface area (Å²) >= 11 is 0. The molecule has 0 spiro atoms. The minimum atomic E-state index is -3.49. The topological polar surface area (TPSA) is 64.6 Å². The average Bonchev–Trinajstić information content (AvgIpc) is 2.94. The summed E-state index contributed by atoms with van der Waals surface area (Å²) in [5.41, 5.74) is 0.814. The molecular formula is C14H13NO4S. The van der Waals surface area contributed by atoms with E-state index in [2.05, 4.69) is 4.72 Å². The van der Waals surface area contributed by atoms with Gasteiger partial charge in [-0.2, -0.15) is 0 Å². The quantitative estimate of drug-likeness (QED) is 0.934. The highest BCUT2D eigenvalue weighted by atomic mass is 32.2. The third kappa shape index (κ3) is 2.61. The molecule has 2 aromatic carbocycles. The smallest absolute Gasteiger partial charge is 0.240 e. The lowest BCUT2D eigenvalue weighted by atomic mass is 10.2. The van der Waals surface area contributed by atoms with Crippen molar-refractivity contribution in [2.24, 2.45) is 0 Å². The van der Waals surface area contributed by atoms with E-state index in [4.69, 9.17) is 9.47 Å². The SMILES string of the molecule is O=S(=O)(NCc1ccc2c(c1)OCO2)c1ccccc1. The normalized spacial score (nSPS) is 13.4. The summed E-state index contributed by atoms with van der Waals surface area (Å²) in [7, 11) is -3.49. The van der Waals surface area contributed by atoms with Gasteiger partial charge >= 0.3 is 0 Å². The van der Waals surface area contributed by atoms with Gasteiger partial charge in [0.25, 0.3) is 0 Å². The maximum Gasteiger partial charge on any atom is 0.240 e. The Labute approximate surface area is 117 Å². The molecule has 3 rings (SSSR count). The van der Waals surface area contributed by atoms with Gasteiger partial charge in [-0.25, -0.2) is 13.1 Å². The number of benzene rings is 2. The Morgan fingerprint density at radius 1 is 1.00 bits per heavy atom. The largest absolute Gasteiger partial charge is 0.454 e. The van der Waals surface area contributed by atoms with Crippen LogP contribution in [0.15, 0.2) is 53.4 Å². The van der Waals surface area contributed by atoms with Gasteiger partial charge in [-0.05, 0) is 29.8 Å². The second-order valence-corrected chi connectivity index (χ2v) is 6.09. The molecule has 104 valence electrons. The van der Waals surface area contributed by atoms with Crippen molar-refractivity contribution in [1.29, 1.82) is 0 Å². The summed E-state index contributed by atoms with van der Waals surface area (Å²) in [4.78, 5) is 0.251. The Kier molecular flexibility index (Phi) is 3.33. The molecule has 0 bridgehead atoms. The van der Waals surface area contributed by atoms with Crippen LogP contribution in [0.25, 0.3) is 0 Å². The van der Waals surface area contributed by atoms with E-state index in [-0.39, 0.29) is 18.2 Å². The first kappa shape index (κ1) is 13.0. The Morgan fingerprint density at radius 2 is 1.75 bits per heavy atom. The van der Waals surface area contributed by atoms with Gasteiger partial charge in [0.1, 0.15) is 0 Å². The van der Waals surface area contributed by atoms with E-state index >= 15 is 0 Å². The maximum absolute atomic E-state index is 12.1. The van der Waals surface area contributed by atoms with Crippen molar-refractivity contribution in [3.63, 3.8) is 0 Å². The Morgan fingerprint density at radius 3 is 2.55 bits per heavy atom. The molecule has 0 saturated heterocycles. The number of hydrogen-bond donors (Lipinski definition) is 1. The fraction of sp³-hybridized carbons (Fsp3) is 0.143. The van der Waals surface area contributed by atoms with E-state index in [1.807, 2.05) is 0 Å². The van der Waals surface area contributed by atoms with Crippen LogP contribution in [0.2, 0.25) is 0 Å². The summed E-state index contributed by atoms with van der Waals surface area (Å²) in [6, 6.07) is 13.6. The van der Waals surface area contributed by atoms with Gasteiger partial charge in [-0.15, -0.1) is 0 Å². The highest BCUT2D eigenvalue weighted by Crippen LogP contribution is 2.32. The van der Waals surface area contributed by atoms with E-state index < -0.39 is 10.0 Å². The minimum absolute atomic E-state index is 0.202. The lowest BCUT2D eigenvalue weighted by Gasteiger charge is -2.07. The van der Waals surface area contributed by atoms with Gasteiger partial charge in [0.2, 0.25) is 16.8 Å².